The van der Waals surface area contributed by atoms with Crippen molar-refractivity contribution in [2.45, 2.75) is 25.3 Å². The van der Waals surface area contributed by atoms with Crippen LogP contribution in [0.3, 0.4) is 0 Å². The molecule has 9 nitrogen and oxygen atoms in total. The fraction of sp³-hybridized carbons (Fsp3) is 0.316. The van der Waals surface area contributed by atoms with Gasteiger partial charge in [-0.2, -0.15) is 0 Å². The maximum absolute atomic E-state index is 12.0. The molecule has 0 bridgehead atoms. The minimum atomic E-state index is -1.20. The van der Waals surface area contributed by atoms with Crippen LogP contribution >= 0.6 is 0 Å². The number of hydrogen-bond acceptors (Lipinski definition) is 6. The lowest BCUT2D eigenvalue weighted by molar-refractivity contribution is -0.123. The Labute approximate surface area is 161 Å². The van der Waals surface area contributed by atoms with E-state index in [1.54, 1.807) is 12.1 Å². The molecule has 3 rings (SSSR count). The number of carboxylic acid groups (broad SMARTS) is 1. The lowest BCUT2D eigenvalue weighted by atomic mass is 10.1. The van der Waals surface area contributed by atoms with Crippen molar-refractivity contribution in [2.24, 2.45) is 0 Å². The molecule has 0 unspecified atom stereocenters. The minimum absolute atomic E-state index is 0.00634. The van der Waals surface area contributed by atoms with Gasteiger partial charge in [0.05, 0.1) is 12.4 Å². The van der Waals surface area contributed by atoms with E-state index in [0.29, 0.717) is 24.8 Å². The Morgan fingerprint density at radius 1 is 1.07 bits per heavy atom. The molecule has 0 spiro atoms. The molecule has 28 heavy (non-hydrogen) atoms. The third kappa shape index (κ3) is 5.76. The Balaban J connectivity index is 1.39. The minimum Gasteiger partial charge on any atom is -0.484 e. The van der Waals surface area contributed by atoms with Crippen LogP contribution in [0.2, 0.25) is 0 Å². The van der Waals surface area contributed by atoms with Gasteiger partial charge in [-0.3, -0.25) is 9.59 Å². The highest BCUT2D eigenvalue weighted by molar-refractivity contribution is 5.92. The number of carbonyl (C=O) groups excluding carboxylic acids is 2. The van der Waals surface area contributed by atoms with Crippen molar-refractivity contribution in [1.29, 1.82) is 0 Å². The van der Waals surface area contributed by atoms with Gasteiger partial charge in [-0.1, -0.05) is 12.1 Å². The van der Waals surface area contributed by atoms with Crippen molar-refractivity contribution < 1.29 is 24.2 Å². The number of nitrogens with one attached hydrogen (secondary N) is 2. The predicted molar refractivity (Wildman–Crippen MR) is 98.1 cm³/mol. The van der Waals surface area contributed by atoms with Crippen molar-refractivity contribution >= 4 is 17.8 Å². The Morgan fingerprint density at radius 2 is 1.75 bits per heavy atom. The average Bonchev–Trinajstić information content (AvgIpc) is 3.51. The van der Waals surface area contributed by atoms with Gasteiger partial charge in [-0.25, -0.2) is 14.8 Å². The van der Waals surface area contributed by atoms with Crippen LogP contribution in [0.4, 0.5) is 0 Å². The van der Waals surface area contributed by atoms with Crippen LogP contribution in [-0.4, -0.2) is 52.1 Å². The van der Waals surface area contributed by atoms with Crippen LogP contribution in [0.15, 0.2) is 36.7 Å². The van der Waals surface area contributed by atoms with E-state index in [1.807, 2.05) is 12.1 Å². The van der Waals surface area contributed by atoms with E-state index < -0.39 is 11.9 Å². The molecule has 1 aromatic heterocycles. The highest BCUT2D eigenvalue weighted by atomic mass is 16.5. The van der Waals surface area contributed by atoms with Crippen LogP contribution in [0.5, 0.6) is 5.75 Å². The molecule has 2 aromatic rings. The molecule has 9 heteroatoms. The number of benzene rings is 1. The van der Waals surface area contributed by atoms with Gasteiger partial charge in [0.2, 0.25) is 0 Å². The molecule has 1 heterocycles. The highest BCUT2D eigenvalue weighted by Crippen LogP contribution is 2.18. The Hall–Kier alpha value is -3.49. The van der Waals surface area contributed by atoms with Crippen LogP contribution in [-0.2, 0) is 11.2 Å². The molecule has 0 aliphatic heterocycles. The van der Waals surface area contributed by atoms with Gasteiger partial charge in [0.25, 0.3) is 11.8 Å². The zero-order chi connectivity index (χ0) is 19.9. The first-order chi connectivity index (χ1) is 13.5. The quantitative estimate of drug-likeness (QED) is 0.583. The normalized spacial score (nSPS) is 12.9. The van der Waals surface area contributed by atoms with Gasteiger partial charge >= 0.3 is 5.97 Å². The second kappa shape index (κ2) is 8.94. The Kier molecular flexibility index (Phi) is 6.15. The van der Waals surface area contributed by atoms with Crippen LogP contribution < -0.4 is 15.4 Å². The summed E-state index contributed by atoms with van der Waals surface area (Å²) in [5.74, 6) is -1.14. The fourth-order valence-electron chi connectivity index (χ4n) is 2.36. The third-order valence-corrected chi connectivity index (χ3v) is 4.04. The predicted octanol–water partition coefficient (Wildman–Crippen LogP) is 0.805. The number of carbonyl (C=O) groups is 3. The lowest BCUT2D eigenvalue weighted by Crippen LogP contribution is -2.30. The Bertz CT molecular complexity index is 848. The molecule has 3 N–H and O–H groups in total. The van der Waals surface area contributed by atoms with Gasteiger partial charge in [-0.15, -0.1) is 0 Å². The largest absolute Gasteiger partial charge is 0.484 e. The zero-order valence-electron chi connectivity index (χ0n) is 15.1. The molecular formula is C19H20N4O5. The molecule has 1 aliphatic rings. The number of rotatable bonds is 9. The van der Waals surface area contributed by atoms with Gasteiger partial charge in [0, 0.05) is 12.6 Å². The first-order valence-electron chi connectivity index (χ1n) is 8.86. The molecule has 2 amide bonds. The summed E-state index contributed by atoms with van der Waals surface area (Å²) in [4.78, 5) is 41.7. The smallest absolute Gasteiger partial charge is 0.356 e. The molecule has 146 valence electrons. The average molecular weight is 384 g/mol. The van der Waals surface area contributed by atoms with E-state index in [4.69, 9.17) is 9.84 Å². The van der Waals surface area contributed by atoms with Gasteiger partial charge in [0.15, 0.2) is 12.3 Å². The number of ether oxygens (including phenoxy) is 1. The molecule has 0 radical (unpaired) electrons. The van der Waals surface area contributed by atoms with E-state index in [-0.39, 0.29) is 23.9 Å². The van der Waals surface area contributed by atoms with E-state index in [2.05, 4.69) is 20.6 Å². The third-order valence-electron chi connectivity index (χ3n) is 4.04. The summed E-state index contributed by atoms with van der Waals surface area (Å²) in [7, 11) is 0. The molecular weight excluding hydrogens is 364 g/mol. The van der Waals surface area contributed by atoms with Crippen molar-refractivity contribution in [3.05, 3.63) is 53.6 Å². The first kappa shape index (κ1) is 19.3. The molecule has 0 saturated heterocycles. The second-order valence-electron chi connectivity index (χ2n) is 6.37. The first-order valence-corrected chi connectivity index (χ1v) is 8.86. The van der Waals surface area contributed by atoms with E-state index in [9.17, 15) is 14.4 Å². The summed E-state index contributed by atoms with van der Waals surface area (Å²) in [6.45, 7) is 0.374. The van der Waals surface area contributed by atoms with Crippen LogP contribution in [0, 0.1) is 0 Å². The molecule has 1 aromatic carbocycles. The van der Waals surface area contributed by atoms with E-state index >= 15 is 0 Å². The van der Waals surface area contributed by atoms with Gasteiger partial charge < -0.3 is 20.5 Å². The number of amides is 2. The maximum atomic E-state index is 12.0. The van der Waals surface area contributed by atoms with E-state index in [0.717, 1.165) is 30.8 Å². The van der Waals surface area contributed by atoms with Crippen molar-refractivity contribution in [2.75, 3.05) is 13.2 Å². The van der Waals surface area contributed by atoms with Crippen LogP contribution in [0.1, 0.15) is 39.4 Å². The topological polar surface area (TPSA) is 131 Å². The summed E-state index contributed by atoms with van der Waals surface area (Å²) in [6, 6.07) is 7.59. The SMILES string of the molecule is O=C(COc1ccc(CCNC(=O)c2cnc(C(=O)O)cn2)cc1)NC1CC1. The summed E-state index contributed by atoms with van der Waals surface area (Å²) >= 11 is 0. The fourth-order valence-corrected chi connectivity index (χ4v) is 2.36. The molecule has 1 aliphatic carbocycles. The van der Waals surface area contributed by atoms with Crippen molar-refractivity contribution in [3.8, 4) is 5.75 Å². The van der Waals surface area contributed by atoms with Crippen molar-refractivity contribution in [3.63, 3.8) is 0 Å². The maximum Gasteiger partial charge on any atom is 0.356 e. The zero-order valence-corrected chi connectivity index (χ0v) is 15.1. The number of aromatic carboxylic acids is 1. The van der Waals surface area contributed by atoms with Crippen molar-refractivity contribution in [1.82, 2.24) is 20.6 Å². The number of hydrogen-bond donors (Lipinski definition) is 3. The number of carboxylic acids is 1. The van der Waals surface area contributed by atoms with Crippen LogP contribution in [0.25, 0.3) is 0 Å². The number of nitrogens with zero attached hydrogens (tertiary/aromatic N) is 2. The summed E-state index contributed by atoms with van der Waals surface area (Å²) in [6.07, 6.45) is 4.84. The number of aromatic nitrogens is 2. The standard InChI is InChI=1S/C19H20N4O5/c24-17(23-13-3-4-13)11-28-14-5-1-12(2-6-14)7-8-20-18(25)15-9-22-16(10-21-15)19(26)27/h1-2,5-6,9-10,13H,3-4,7-8,11H2,(H,20,25)(H,23,24)(H,26,27). The van der Waals surface area contributed by atoms with Gasteiger partial charge in [-0.05, 0) is 37.0 Å². The lowest BCUT2D eigenvalue weighted by Gasteiger charge is -2.08. The molecule has 1 fully saturated rings. The summed E-state index contributed by atoms with van der Waals surface area (Å²) < 4.78 is 5.44. The summed E-state index contributed by atoms with van der Waals surface area (Å²) in [5, 5.41) is 14.3. The second-order valence-corrected chi connectivity index (χ2v) is 6.37. The highest BCUT2D eigenvalue weighted by Gasteiger charge is 2.23. The summed E-state index contributed by atoms with van der Waals surface area (Å²) in [5.41, 5.74) is 0.824. The monoisotopic (exact) mass is 384 g/mol. The van der Waals surface area contributed by atoms with E-state index in [1.165, 1.54) is 0 Å². The van der Waals surface area contributed by atoms with Gasteiger partial charge in [0.1, 0.15) is 11.4 Å². The molecule has 1 saturated carbocycles. The molecule has 0 atom stereocenters. The Morgan fingerprint density at radius 3 is 2.36 bits per heavy atom.